The van der Waals surface area contributed by atoms with Crippen LogP contribution in [0.4, 0.5) is 13.2 Å². The summed E-state index contributed by atoms with van der Waals surface area (Å²) in [6.07, 6.45) is -4.48. The zero-order valence-electron chi connectivity index (χ0n) is 12.7. The second-order valence-electron chi connectivity index (χ2n) is 5.58. The van der Waals surface area contributed by atoms with Gasteiger partial charge in [0.2, 0.25) is 5.88 Å². The highest BCUT2D eigenvalue weighted by Crippen LogP contribution is 2.35. The van der Waals surface area contributed by atoms with E-state index in [0.717, 1.165) is 4.68 Å². The van der Waals surface area contributed by atoms with Crippen LogP contribution in [0.2, 0.25) is 0 Å². The second-order valence-corrected chi connectivity index (χ2v) is 7.24. The number of aryl methyl sites for hydroxylation is 1. The Balaban J connectivity index is 2.10. The second kappa shape index (κ2) is 6.39. The van der Waals surface area contributed by atoms with Gasteiger partial charge in [-0.05, 0) is 13.8 Å². The number of alkyl halides is 3. The standard InChI is InChI=1S/C12H17F3N3O3PS/c1-11(2)7(22)9(17-21-11)23-4-6-8(19)16-18(3)10(6)20-5-12(13,14)15/h7H,4-5,22H2,1-3H3,(H,16,19). The topological polar surface area (TPSA) is 68.6 Å². The Labute approximate surface area is 137 Å². The molecule has 130 valence electrons. The van der Waals surface area contributed by atoms with Gasteiger partial charge >= 0.3 is 6.18 Å². The molecule has 23 heavy (non-hydrogen) atoms. The third-order valence-electron chi connectivity index (χ3n) is 3.23. The Morgan fingerprint density at radius 3 is 2.70 bits per heavy atom. The molecule has 1 aromatic heterocycles. The van der Waals surface area contributed by atoms with Crippen molar-refractivity contribution in [3.05, 3.63) is 15.9 Å². The lowest BCUT2D eigenvalue weighted by Gasteiger charge is -2.20. The van der Waals surface area contributed by atoms with Crippen molar-refractivity contribution in [3.63, 3.8) is 0 Å². The van der Waals surface area contributed by atoms with Crippen LogP contribution in [0, 0.1) is 0 Å². The highest BCUT2D eigenvalue weighted by molar-refractivity contribution is 8.13. The van der Waals surface area contributed by atoms with Crippen LogP contribution in [0.25, 0.3) is 0 Å². The fraction of sp³-hybridized carbons (Fsp3) is 0.667. The van der Waals surface area contributed by atoms with E-state index in [-0.39, 0.29) is 22.9 Å². The minimum absolute atomic E-state index is 0.0603. The number of aromatic nitrogens is 2. The van der Waals surface area contributed by atoms with Gasteiger partial charge in [-0.1, -0.05) is 5.16 Å². The predicted octanol–water partition coefficient (Wildman–Crippen LogP) is 2.25. The molecule has 6 nitrogen and oxygen atoms in total. The summed E-state index contributed by atoms with van der Waals surface area (Å²) in [6, 6.07) is 0. The Bertz CT molecular complexity index is 669. The van der Waals surface area contributed by atoms with Crippen LogP contribution in [0.3, 0.4) is 0 Å². The Kier molecular flexibility index (Phi) is 5.06. The van der Waals surface area contributed by atoms with Crippen LogP contribution in [-0.2, 0) is 17.6 Å². The maximum Gasteiger partial charge on any atom is 0.422 e. The summed E-state index contributed by atoms with van der Waals surface area (Å²) in [7, 11) is 4.03. The molecular formula is C12H17F3N3O3PS. The molecule has 0 spiro atoms. The van der Waals surface area contributed by atoms with Crippen LogP contribution >= 0.6 is 21.0 Å². The van der Waals surface area contributed by atoms with Gasteiger partial charge in [0.05, 0.1) is 11.2 Å². The molecule has 1 N–H and O–H groups in total. The SMILES string of the molecule is Cn1[nH]c(=O)c(CSC2=NOC(C)(C)C2P)c1OCC(F)(F)F. The van der Waals surface area contributed by atoms with Gasteiger partial charge in [0.1, 0.15) is 10.6 Å². The molecule has 2 atom stereocenters. The first-order valence-corrected chi connectivity index (χ1v) is 8.28. The first kappa shape index (κ1) is 18.2. The molecule has 11 heteroatoms. The van der Waals surface area contributed by atoms with Crippen molar-refractivity contribution in [1.82, 2.24) is 9.78 Å². The number of oxime groups is 1. The number of nitrogens with zero attached hydrogens (tertiary/aromatic N) is 2. The van der Waals surface area contributed by atoms with Crippen LogP contribution in [-0.4, -0.2) is 38.9 Å². The molecule has 0 fully saturated rings. The van der Waals surface area contributed by atoms with E-state index < -0.39 is 23.9 Å². The highest BCUT2D eigenvalue weighted by atomic mass is 32.2. The minimum Gasteiger partial charge on any atom is -0.468 e. The van der Waals surface area contributed by atoms with Gasteiger partial charge in [-0.25, -0.2) is 0 Å². The Morgan fingerprint density at radius 1 is 1.52 bits per heavy atom. The number of H-pyrrole nitrogens is 1. The largest absolute Gasteiger partial charge is 0.468 e. The number of hydrogen-bond donors (Lipinski definition) is 1. The molecule has 1 aliphatic rings. The van der Waals surface area contributed by atoms with Crippen molar-refractivity contribution in [2.24, 2.45) is 12.2 Å². The predicted molar refractivity (Wildman–Crippen MR) is 85.0 cm³/mol. The van der Waals surface area contributed by atoms with Crippen molar-refractivity contribution in [1.29, 1.82) is 0 Å². The number of aromatic amines is 1. The number of ether oxygens (including phenoxy) is 1. The van der Waals surface area contributed by atoms with Crippen molar-refractivity contribution in [2.45, 2.75) is 37.0 Å². The molecule has 0 bridgehead atoms. The first-order chi connectivity index (χ1) is 10.5. The third kappa shape index (κ3) is 4.23. The van der Waals surface area contributed by atoms with E-state index in [2.05, 4.69) is 19.5 Å². The van der Waals surface area contributed by atoms with E-state index >= 15 is 0 Å². The lowest BCUT2D eigenvalue weighted by molar-refractivity contribution is -0.154. The number of hydrogen-bond acceptors (Lipinski definition) is 5. The van der Waals surface area contributed by atoms with Crippen LogP contribution in [0.1, 0.15) is 19.4 Å². The van der Waals surface area contributed by atoms with E-state index in [0.29, 0.717) is 5.04 Å². The summed E-state index contributed by atoms with van der Waals surface area (Å²) >= 11 is 1.23. The van der Waals surface area contributed by atoms with Gasteiger partial charge in [0.25, 0.3) is 5.56 Å². The fourth-order valence-electron chi connectivity index (χ4n) is 1.87. The normalized spacial score (nSPS) is 20.3. The van der Waals surface area contributed by atoms with E-state index in [4.69, 9.17) is 9.57 Å². The summed E-state index contributed by atoms with van der Waals surface area (Å²) < 4.78 is 42.8. The monoisotopic (exact) mass is 371 g/mol. The molecule has 0 saturated heterocycles. The number of thioether (sulfide) groups is 1. The molecule has 2 unspecified atom stereocenters. The average molecular weight is 371 g/mol. The van der Waals surface area contributed by atoms with Gasteiger partial charge < -0.3 is 9.57 Å². The molecule has 1 aromatic rings. The lowest BCUT2D eigenvalue weighted by atomic mass is 10.1. The van der Waals surface area contributed by atoms with Crippen LogP contribution in [0.15, 0.2) is 9.95 Å². The van der Waals surface area contributed by atoms with Crippen molar-refractivity contribution >= 4 is 26.0 Å². The van der Waals surface area contributed by atoms with E-state index in [1.165, 1.54) is 18.8 Å². The van der Waals surface area contributed by atoms with E-state index in [1.807, 2.05) is 13.8 Å². The lowest BCUT2D eigenvalue weighted by Crippen LogP contribution is -2.32. The van der Waals surface area contributed by atoms with Crippen LogP contribution < -0.4 is 10.3 Å². The van der Waals surface area contributed by atoms with E-state index in [9.17, 15) is 18.0 Å². The first-order valence-electron chi connectivity index (χ1n) is 6.63. The Hall–Kier alpha value is -1.15. The summed E-state index contributed by atoms with van der Waals surface area (Å²) in [4.78, 5) is 17.2. The molecular weight excluding hydrogens is 354 g/mol. The van der Waals surface area contributed by atoms with Gasteiger partial charge in [0.15, 0.2) is 6.61 Å². The zero-order chi connectivity index (χ0) is 17.4. The fourth-order valence-corrected chi connectivity index (χ4v) is 3.38. The maximum absolute atomic E-state index is 12.3. The minimum atomic E-state index is -4.48. The molecule has 2 heterocycles. The summed E-state index contributed by atoms with van der Waals surface area (Å²) in [5, 5.41) is 7.01. The van der Waals surface area contributed by atoms with Gasteiger partial charge in [0, 0.05) is 12.8 Å². The van der Waals surface area contributed by atoms with Crippen molar-refractivity contribution < 1.29 is 22.7 Å². The zero-order valence-corrected chi connectivity index (χ0v) is 14.7. The van der Waals surface area contributed by atoms with Gasteiger partial charge in [-0.2, -0.15) is 13.2 Å². The van der Waals surface area contributed by atoms with Crippen molar-refractivity contribution in [2.75, 3.05) is 6.61 Å². The summed E-state index contributed by atoms with van der Waals surface area (Å²) in [5.41, 5.74) is -0.899. The molecule has 1 aliphatic heterocycles. The van der Waals surface area contributed by atoms with E-state index in [1.54, 1.807) is 0 Å². The smallest absolute Gasteiger partial charge is 0.422 e. The molecule has 2 rings (SSSR count). The average Bonchev–Trinajstić information content (AvgIpc) is 2.82. The molecule has 0 radical (unpaired) electrons. The molecule has 0 amide bonds. The summed E-state index contributed by atoms with van der Waals surface area (Å²) in [5.74, 6) is 0.00547. The van der Waals surface area contributed by atoms with Crippen LogP contribution in [0.5, 0.6) is 5.88 Å². The highest BCUT2D eigenvalue weighted by Gasteiger charge is 2.38. The number of nitrogens with one attached hydrogen (secondary N) is 1. The number of rotatable bonds is 4. The molecule has 0 aliphatic carbocycles. The maximum atomic E-state index is 12.3. The molecule has 0 aromatic carbocycles. The van der Waals surface area contributed by atoms with Crippen molar-refractivity contribution in [3.8, 4) is 5.88 Å². The van der Waals surface area contributed by atoms with Gasteiger partial charge in [-0.15, -0.1) is 21.0 Å². The van der Waals surface area contributed by atoms with Gasteiger partial charge in [-0.3, -0.25) is 14.6 Å². The Morgan fingerprint density at radius 2 is 2.17 bits per heavy atom. The third-order valence-corrected chi connectivity index (χ3v) is 5.65. The summed E-state index contributed by atoms with van der Waals surface area (Å²) in [6.45, 7) is 2.28. The molecule has 0 saturated carbocycles. The number of halogens is 3. The quantitative estimate of drug-likeness (QED) is 0.825.